The van der Waals surface area contributed by atoms with Crippen LogP contribution in [0.5, 0.6) is 0 Å². The molecule has 0 saturated heterocycles. The van der Waals surface area contributed by atoms with Crippen LogP contribution in [0.25, 0.3) is 0 Å². The third kappa shape index (κ3) is 3.58. The summed E-state index contributed by atoms with van der Waals surface area (Å²) in [5.74, 6) is -0.240. The van der Waals surface area contributed by atoms with Crippen molar-refractivity contribution in [3.63, 3.8) is 0 Å². The van der Waals surface area contributed by atoms with Gasteiger partial charge in [0, 0.05) is 10.2 Å². The fraction of sp³-hybridized carbons (Fsp3) is 0.133. The van der Waals surface area contributed by atoms with E-state index in [1.165, 1.54) is 0 Å². The molecule has 98 valence electrons. The number of rotatable bonds is 3. The molecule has 0 saturated carbocycles. The quantitative estimate of drug-likeness (QED) is 0.852. The minimum absolute atomic E-state index is 0.0413. The van der Waals surface area contributed by atoms with Crippen LogP contribution in [-0.2, 0) is 4.79 Å². The molecular weight excluding hydrogens is 326 g/mol. The second-order valence-corrected chi connectivity index (χ2v) is 5.51. The lowest BCUT2D eigenvalue weighted by Gasteiger charge is -2.13. The van der Waals surface area contributed by atoms with Crippen LogP contribution in [0.15, 0.2) is 53.0 Å². The summed E-state index contributed by atoms with van der Waals surface area (Å²) in [7, 11) is 0. The van der Waals surface area contributed by atoms with Crippen molar-refractivity contribution in [3.05, 3.63) is 63.6 Å². The number of carbonyl (C=O) groups excluding carboxylic acids is 1. The van der Waals surface area contributed by atoms with Crippen LogP contribution in [0.2, 0.25) is 5.02 Å². The van der Waals surface area contributed by atoms with E-state index in [1.54, 1.807) is 18.2 Å². The van der Waals surface area contributed by atoms with Crippen molar-refractivity contribution < 1.29 is 4.79 Å². The highest BCUT2D eigenvalue weighted by molar-refractivity contribution is 9.10. The molecule has 4 heteroatoms. The summed E-state index contributed by atoms with van der Waals surface area (Å²) < 4.78 is 0.763. The number of carbonyl (C=O) groups is 1. The van der Waals surface area contributed by atoms with Crippen LogP contribution < -0.4 is 5.32 Å². The van der Waals surface area contributed by atoms with E-state index in [4.69, 9.17) is 11.6 Å². The molecule has 2 nitrogen and oxygen atoms in total. The molecule has 2 rings (SSSR count). The van der Waals surface area contributed by atoms with Crippen LogP contribution in [0.1, 0.15) is 18.4 Å². The van der Waals surface area contributed by atoms with Crippen LogP contribution in [0.3, 0.4) is 0 Å². The minimum Gasteiger partial charge on any atom is -0.326 e. The first-order valence-electron chi connectivity index (χ1n) is 5.89. The van der Waals surface area contributed by atoms with Gasteiger partial charge in [0.2, 0.25) is 5.91 Å². The highest BCUT2D eigenvalue weighted by atomic mass is 79.9. The molecule has 0 aliphatic carbocycles. The number of halogens is 2. The van der Waals surface area contributed by atoms with E-state index in [2.05, 4.69) is 21.2 Å². The number of hydrogen-bond donors (Lipinski definition) is 1. The van der Waals surface area contributed by atoms with Gasteiger partial charge in [-0.2, -0.15) is 0 Å². The lowest BCUT2D eigenvalue weighted by atomic mass is 10.0. The van der Waals surface area contributed by atoms with Crippen molar-refractivity contribution in [2.24, 2.45) is 0 Å². The van der Waals surface area contributed by atoms with Gasteiger partial charge in [-0.25, -0.2) is 0 Å². The van der Waals surface area contributed by atoms with E-state index in [0.29, 0.717) is 5.02 Å². The Morgan fingerprint density at radius 1 is 1.21 bits per heavy atom. The Hall–Kier alpha value is -1.32. The molecule has 0 aromatic heterocycles. The van der Waals surface area contributed by atoms with Gasteiger partial charge < -0.3 is 5.32 Å². The van der Waals surface area contributed by atoms with Gasteiger partial charge >= 0.3 is 0 Å². The predicted molar refractivity (Wildman–Crippen MR) is 82.6 cm³/mol. The van der Waals surface area contributed by atoms with Crippen molar-refractivity contribution >= 4 is 39.1 Å². The van der Waals surface area contributed by atoms with Gasteiger partial charge in [-0.3, -0.25) is 4.79 Å². The average molecular weight is 339 g/mol. The third-order valence-electron chi connectivity index (χ3n) is 2.88. The predicted octanol–water partition coefficient (Wildman–Crippen LogP) is 4.84. The number of hydrogen-bond acceptors (Lipinski definition) is 1. The Morgan fingerprint density at radius 3 is 2.53 bits per heavy atom. The van der Waals surface area contributed by atoms with E-state index in [9.17, 15) is 4.79 Å². The van der Waals surface area contributed by atoms with E-state index in [-0.39, 0.29) is 11.8 Å². The molecule has 19 heavy (non-hydrogen) atoms. The standard InChI is InChI=1S/C15H13BrClNO/c1-10(11-5-3-2-4-6-11)15(19)18-12-7-8-14(17)13(16)9-12/h2-10H,1H3,(H,18,19). The first-order chi connectivity index (χ1) is 9.08. The number of nitrogens with one attached hydrogen (secondary N) is 1. The summed E-state index contributed by atoms with van der Waals surface area (Å²) in [6.45, 7) is 1.88. The van der Waals surface area contributed by atoms with Gasteiger partial charge in [0.1, 0.15) is 0 Å². The average Bonchev–Trinajstić information content (AvgIpc) is 2.43. The van der Waals surface area contributed by atoms with Gasteiger partial charge in [0.25, 0.3) is 0 Å². The number of benzene rings is 2. The molecule has 0 aliphatic rings. The zero-order chi connectivity index (χ0) is 13.8. The highest BCUT2D eigenvalue weighted by Crippen LogP contribution is 2.26. The van der Waals surface area contributed by atoms with Gasteiger partial charge in [-0.1, -0.05) is 41.9 Å². The van der Waals surface area contributed by atoms with Gasteiger partial charge in [-0.15, -0.1) is 0 Å². The maximum Gasteiger partial charge on any atom is 0.231 e. The monoisotopic (exact) mass is 337 g/mol. The van der Waals surface area contributed by atoms with Crippen molar-refractivity contribution in [2.75, 3.05) is 5.32 Å². The second kappa shape index (κ2) is 6.22. The Labute approximate surface area is 125 Å². The third-order valence-corrected chi connectivity index (χ3v) is 4.09. The molecule has 0 radical (unpaired) electrons. The normalized spacial score (nSPS) is 11.9. The molecule has 1 atom stereocenters. The molecule has 0 aliphatic heterocycles. The largest absolute Gasteiger partial charge is 0.326 e. The lowest BCUT2D eigenvalue weighted by Crippen LogP contribution is -2.18. The van der Waals surface area contributed by atoms with E-state index >= 15 is 0 Å². The molecule has 1 unspecified atom stereocenters. The Bertz CT molecular complexity index is 586. The summed E-state index contributed by atoms with van der Waals surface area (Å²) in [6, 6.07) is 15.0. The van der Waals surface area contributed by atoms with Crippen molar-refractivity contribution in [1.29, 1.82) is 0 Å². The Morgan fingerprint density at radius 2 is 1.89 bits per heavy atom. The molecule has 2 aromatic carbocycles. The van der Waals surface area contributed by atoms with Crippen LogP contribution in [0, 0.1) is 0 Å². The molecule has 1 N–H and O–H groups in total. The van der Waals surface area contributed by atoms with Crippen LogP contribution >= 0.6 is 27.5 Å². The maximum atomic E-state index is 12.1. The zero-order valence-corrected chi connectivity index (χ0v) is 12.7. The zero-order valence-electron chi connectivity index (χ0n) is 10.4. The molecule has 0 heterocycles. The topological polar surface area (TPSA) is 29.1 Å². The molecule has 0 spiro atoms. The first kappa shape index (κ1) is 14.1. The van der Waals surface area contributed by atoms with E-state index < -0.39 is 0 Å². The summed E-state index contributed by atoms with van der Waals surface area (Å²) >= 11 is 9.25. The van der Waals surface area contributed by atoms with Gasteiger partial charge in [0.15, 0.2) is 0 Å². The summed E-state index contributed by atoms with van der Waals surface area (Å²) in [6.07, 6.45) is 0. The minimum atomic E-state index is -0.198. The molecule has 1 amide bonds. The highest BCUT2D eigenvalue weighted by Gasteiger charge is 2.15. The Kier molecular flexibility index (Phi) is 4.61. The summed E-state index contributed by atoms with van der Waals surface area (Å²) in [4.78, 5) is 12.1. The smallest absolute Gasteiger partial charge is 0.231 e. The van der Waals surface area contributed by atoms with E-state index in [1.807, 2.05) is 37.3 Å². The maximum absolute atomic E-state index is 12.1. The number of anilines is 1. The molecular formula is C15H13BrClNO. The SMILES string of the molecule is CC(C(=O)Nc1ccc(Cl)c(Br)c1)c1ccccc1. The van der Waals surface area contributed by atoms with Crippen molar-refractivity contribution in [3.8, 4) is 0 Å². The molecule has 0 fully saturated rings. The van der Waals surface area contributed by atoms with Crippen LogP contribution in [-0.4, -0.2) is 5.91 Å². The fourth-order valence-corrected chi connectivity index (χ4v) is 2.21. The van der Waals surface area contributed by atoms with Crippen molar-refractivity contribution in [2.45, 2.75) is 12.8 Å². The number of amides is 1. The summed E-state index contributed by atoms with van der Waals surface area (Å²) in [5, 5.41) is 3.50. The van der Waals surface area contributed by atoms with Gasteiger partial charge in [-0.05, 0) is 46.6 Å². The molecule has 0 bridgehead atoms. The molecule has 2 aromatic rings. The first-order valence-corrected chi connectivity index (χ1v) is 7.06. The van der Waals surface area contributed by atoms with E-state index in [0.717, 1.165) is 15.7 Å². The fourth-order valence-electron chi connectivity index (χ4n) is 1.72. The van der Waals surface area contributed by atoms with Crippen LogP contribution in [0.4, 0.5) is 5.69 Å². The second-order valence-electron chi connectivity index (χ2n) is 4.25. The lowest BCUT2D eigenvalue weighted by molar-refractivity contribution is -0.117. The Balaban J connectivity index is 2.10. The van der Waals surface area contributed by atoms with Gasteiger partial charge in [0.05, 0.1) is 10.9 Å². The summed E-state index contributed by atoms with van der Waals surface area (Å²) in [5.41, 5.74) is 1.72. The van der Waals surface area contributed by atoms with Crippen molar-refractivity contribution in [1.82, 2.24) is 0 Å².